The van der Waals surface area contributed by atoms with Crippen LogP contribution in [0.4, 0.5) is 0 Å². The number of rotatable bonds is 9. The number of carbonyl (C=O) groups excluding carboxylic acids is 1. The zero-order chi connectivity index (χ0) is 20.8. The number of methoxy groups -OCH3 is 1. The van der Waals surface area contributed by atoms with E-state index in [1.165, 1.54) is 31.0 Å². The van der Waals surface area contributed by atoms with E-state index in [1.54, 1.807) is 23.0 Å². The molecular weight excluding hydrogens is 406 g/mol. The molecule has 1 saturated carbocycles. The van der Waals surface area contributed by atoms with Gasteiger partial charge in [0.1, 0.15) is 4.83 Å². The Morgan fingerprint density at radius 1 is 1.41 bits per heavy atom. The van der Waals surface area contributed by atoms with Crippen LogP contribution in [0.3, 0.4) is 0 Å². The number of ether oxygens (including phenoxy) is 1. The van der Waals surface area contributed by atoms with E-state index in [4.69, 9.17) is 9.72 Å². The van der Waals surface area contributed by atoms with Gasteiger partial charge >= 0.3 is 0 Å². The summed E-state index contributed by atoms with van der Waals surface area (Å²) in [7, 11) is 1.66. The van der Waals surface area contributed by atoms with E-state index in [-0.39, 0.29) is 22.8 Å². The van der Waals surface area contributed by atoms with Crippen molar-refractivity contribution in [2.24, 2.45) is 0 Å². The highest BCUT2D eigenvalue weighted by Crippen LogP contribution is 2.28. The molecular formula is C21H31N3O3S2. The van der Waals surface area contributed by atoms with Crippen LogP contribution < -0.4 is 10.9 Å². The van der Waals surface area contributed by atoms with Gasteiger partial charge < -0.3 is 10.1 Å². The summed E-state index contributed by atoms with van der Waals surface area (Å²) in [5.41, 5.74) is -0.0237. The molecule has 0 radical (unpaired) electrons. The van der Waals surface area contributed by atoms with E-state index in [1.807, 2.05) is 13.0 Å². The summed E-state index contributed by atoms with van der Waals surface area (Å²) in [5.74, 6) is 0.0279. The van der Waals surface area contributed by atoms with Crippen molar-refractivity contribution >= 4 is 39.2 Å². The van der Waals surface area contributed by atoms with Crippen molar-refractivity contribution in [1.29, 1.82) is 0 Å². The first kappa shape index (κ1) is 22.3. The van der Waals surface area contributed by atoms with E-state index in [0.717, 1.165) is 35.4 Å². The minimum atomic E-state index is -0.305. The van der Waals surface area contributed by atoms with Crippen molar-refractivity contribution in [3.05, 3.63) is 21.3 Å². The largest absolute Gasteiger partial charge is 0.385 e. The molecule has 3 rings (SSSR count). The Hall–Kier alpha value is -1.38. The lowest BCUT2D eigenvalue weighted by Crippen LogP contribution is -2.40. The van der Waals surface area contributed by atoms with Crippen LogP contribution >= 0.6 is 23.1 Å². The third-order valence-corrected chi connectivity index (χ3v) is 7.61. The van der Waals surface area contributed by atoms with E-state index < -0.39 is 0 Å². The third-order valence-electron chi connectivity index (χ3n) is 5.35. The Morgan fingerprint density at radius 2 is 2.17 bits per heavy atom. The molecule has 29 heavy (non-hydrogen) atoms. The van der Waals surface area contributed by atoms with Crippen molar-refractivity contribution in [3.63, 3.8) is 0 Å². The summed E-state index contributed by atoms with van der Waals surface area (Å²) in [6.45, 7) is 5.09. The topological polar surface area (TPSA) is 73.2 Å². The highest BCUT2D eigenvalue weighted by molar-refractivity contribution is 8.00. The van der Waals surface area contributed by atoms with Gasteiger partial charge in [-0.25, -0.2) is 4.98 Å². The van der Waals surface area contributed by atoms with Gasteiger partial charge in [0.15, 0.2) is 5.16 Å². The first-order chi connectivity index (χ1) is 14.0. The van der Waals surface area contributed by atoms with Gasteiger partial charge in [-0.3, -0.25) is 14.2 Å². The number of nitrogens with zero attached hydrogens (tertiary/aromatic N) is 2. The normalized spacial score (nSPS) is 16.2. The molecule has 2 heterocycles. The van der Waals surface area contributed by atoms with E-state index in [9.17, 15) is 9.59 Å². The van der Waals surface area contributed by atoms with Crippen molar-refractivity contribution in [1.82, 2.24) is 14.9 Å². The number of thiophene rings is 1. The summed E-state index contributed by atoms with van der Waals surface area (Å²) in [6.07, 6.45) is 7.35. The van der Waals surface area contributed by atoms with E-state index >= 15 is 0 Å². The minimum absolute atomic E-state index is 0.0237. The first-order valence-corrected chi connectivity index (χ1v) is 12.2. The SMILES string of the molecule is CCc1cc2c(=O)n(CCCOC)c(SC(C)C(=O)NC3CCCCC3)nc2s1. The summed E-state index contributed by atoms with van der Waals surface area (Å²) in [5, 5.41) is 4.17. The molecule has 1 atom stereocenters. The third kappa shape index (κ3) is 5.61. The molecule has 1 N–H and O–H groups in total. The molecule has 1 aliphatic rings. The monoisotopic (exact) mass is 437 g/mol. The number of hydrogen-bond donors (Lipinski definition) is 1. The zero-order valence-corrected chi connectivity index (χ0v) is 19.2. The molecule has 2 aromatic heterocycles. The van der Waals surface area contributed by atoms with Crippen molar-refractivity contribution in [2.75, 3.05) is 13.7 Å². The average molecular weight is 438 g/mol. The van der Waals surface area contributed by atoms with Crippen LogP contribution in [-0.4, -0.2) is 40.5 Å². The maximum absolute atomic E-state index is 13.1. The standard InChI is InChI=1S/C21H31N3O3S2/c1-4-16-13-17-19(29-16)23-21(24(20(17)26)11-8-12-27-3)28-14(2)18(25)22-15-9-6-5-7-10-15/h13-15H,4-12H2,1-3H3,(H,22,25). The average Bonchev–Trinajstić information content (AvgIpc) is 3.14. The van der Waals surface area contributed by atoms with Crippen molar-refractivity contribution < 1.29 is 9.53 Å². The molecule has 1 unspecified atom stereocenters. The lowest BCUT2D eigenvalue weighted by Gasteiger charge is -2.24. The maximum atomic E-state index is 13.1. The van der Waals surface area contributed by atoms with Crippen molar-refractivity contribution in [3.8, 4) is 0 Å². The van der Waals surface area contributed by atoms with Gasteiger partial charge in [-0.15, -0.1) is 11.3 Å². The number of fused-ring (bicyclic) bond motifs is 1. The zero-order valence-electron chi connectivity index (χ0n) is 17.5. The Bertz CT molecular complexity index is 887. The lowest BCUT2D eigenvalue weighted by molar-refractivity contribution is -0.121. The Morgan fingerprint density at radius 3 is 2.86 bits per heavy atom. The molecule has 0 saturated heterocycles. The first-order valence-electron chi connectivity index (χ1n) is 10.5. The molecule has 0 aromatic carbocycles. The Labute approximate surface area is 180 Å². The molecule has 6 nitrogen and oxygen atoms in total. The smallest absolute Gasteiger partial charge is 0.262 e. The second kappa shape index (κ2) is 10.6. The molecule has 2 aromatic rings. The van der Waals surface area contributed by atoms with Crippen molar-refractivity contribution in [2.45, 2.75) is 81.8 Å². The fourth-order valence-electron chi connectivity index (χ4n) is 3.65. The summed E-state index contributed by atoms with van der Waals surface area (Å²) in [6, 6.07) is 2.23. The highest BCUT2D eigenvalue weighted by Gasteiger charge is 2.23. The lowest BCUT2D eigenvalue weighted by atomic mass is 9.95. The van der Waals surface area contributed by atoms with Crippen LogP contribution in [0, 0.1) is 0 Å². The fourth-order valence-corrected chi connectivity index (χ4v) is 5.60. The maximum Gasteiger partial charge on any atom is 0.262 e. The summed E-state index contributed by atoms with van der Waals surface area (Å²) in [4.78, 5) is 32.5. The van der Waals surface area contributed by atoms with Gasteiger partial charge in [0.05, 0.1) is 10.6 Å². The van der Waals surface area contributed by atoms with Gasteiger partial charge in [0.2, 0.25) is 5.91 Å². The van der Waals surface area contributed by atoms with Gasteiger partial charge in [-0.1, -0.05) is 37.9 Å². The van der Waals surface area contributed by atoms with Crippen LogP contribution in [0.2, 0.25) is 0 Å². The van der Waals surface area contributed by atoms with Crippen LogP contribution in [0.15, 0.2) is 16.0 Å². The molecule has 8 heteroatoms. The minimum Gasteiger partial charge on any atom is -0.385 e. The second-order valence-corrected chi connectivity index (χ2v) is 10.0. The van der Waals surface area contributed by atoms with E-state index in [2.05, 4.69) is 12.2 Å². The number of carbonyl (C=O) groups is 1. The molecule has 0 aliphatic heterocycles. The summed E-state index contributed by atoms with van der Waals surface area (Å²) >= 11 is 2.94. The predicted octanol–water partition coefficient (Wildman–Crippen LogP) is 3.99. The molecule has 0 spiro atoms. The number of thioether (sulfide) groups is 1. The van der Waals surface area contributed by atoms with Gasteiger partial charge in [0.25, 0.3) is 5.56 Å². The Balaban J connectivity index is 1.82. The van der Waals surface area contributed by atoms with Crippen LogP contribution in [0.25, 0.3) is 10.2 Å². The molecule has 1 aliphatic carbocycles. The van der Waals surface area contributed by atoms with Gasteiger partial charge in [0, 0.05) is 31.2 Å². The number of aryl methyl sites for hydroxylation is 1. The van der Waals surface area contributed by atoms with E-state index in [0.29, 0.717) is 23.7 Å². The molecule has 0 bridgehead atoms. The summed E-state index contributed by atoms with van der Waals surface area (Å²) < 4.78 is 6.86. The van der Waals surface area contributed by atoms with Gasteiger partial charge in [-0.2, -0.15) is 0 Å². The number of hydrogen-bond acceptors (Lipinski definition) is 6. The quantitative estimate of drug-likeness (QED) is 0.365. The van der Waals surface area contributed by atoms with Crippen LogP contribution in [0.5, 0.6) is 0 Å². The number of aromatic nitrogens is 2. The molecule has 160 valence electrons. The second-order valence-electron chi connectivity index (χ2n) is 7.59. The number of nitrogens with one attached hydrogen (secondary N) is 1. The number of amides is 1. The fraction of sp³-hybridized carbons (Fsp3) is 0.667. The van der Waals surface area contributed by atoms with Crippen LogP contribution in [-0.2, 0) is 22.5 Å². The Kier molecular flexibility index (Phi) is 8.15. The predicted molar refractivity (Wildman–Crippen MR) is 120 cm³/mol. The molecule has 1 amide bonds. The van der Waals surface area contributed by atoms with Gasteiger partial charge in [-0.05, 0) is 38.7 Å². The molecule has 1 fully saturated rings. The van der Waals surface area contributed by atoms with Crippen LogP contribution in [0.1, 0.15) is 57.2 Å². The highest BCUT2D eigenvalue weighted by atomic mass is 32.2.